The number of rotatable bonds is 3. The van der Waals surface area contributed by atoms with Crippen LogP contribution in [0.2, 0.25) is 0 Å². The van der Waals surface area contributed by atoms with Crippen LogP contribution in [0, 0.1) is 0 Å². The number of nitrogens with zero attached hydrogens (tertiary/aromatic N) is 2. The zero-order valence-electron chi connectivity index (χ0n) is 12.3. The van der Waals surface area contributed by atoms with Gasteiger partial charge in [0.2, 0.25) is 0 Å². The van der Waals surface area contributed by atoms with Crippen molar-refractivity contribution in [3.8, 4) is 5.75 Å². The van der Waals surface area contributed by atoms with Crippen LogP contribution in [-0.4, -0.2) is 16.6 Å². The third kappa shape index (κ3) is 2.69. The number of hydrogen-bond donors (Lipinski definition) is 2. The van der Waals surface area contributed by atoms with E-state index in [4.69, 9.17) is 15.6 Å². The molecule has 5 nitrogen and oxygen atoms in total. The topological polar surface area (TPSA) is 73.1 Å². The number of nitrogen functional groups attached to an aromatic ring is 1. The molecule has 1 aromatic heterocycles. The first-order valence-corrected chi connectivity index (χ1v) is 7.26. The molecule has 2 heterocycles. The molecule has 0 saturated carbocycles. The number of hydrazine groups is 1. The maximum atomic E-state index is 5.71. The molecule has 1 aliphatic heterocycles. The molecule has 110 valence electrons. The van der Waals surface area contributed by atoms with E-state index in [0.717, 1.165) is 29.3 Å². The molecule has 1 aromatic carbocycles. The summed E-state index contributed by atoms with van der Waals surface area (Å²) in [6, 6.07) is 9.99. The number of benzene rings is 1. The van der Waals surface area contributed by atoms with Crippen LogP contribution in [0.5, 0.6) is 5.75 Å². The highest BCUT2D eigenvalue weighted by molar-refractivity contribution is 5.43. The van der Waals surface area contributed by atoms with E-state index in [9.17, 15) is 0 Å². The van der Waals surface area contributed by atoms with Gasteiger partial charge in [-0.2, -0.15) is 0 Å². The lowest BCUT2D eigenvalue weighted by molar-refractivity contribution is 0.274. The minimum atomic E-state index is 0.153. The van der Waals surface area contributed by atoms with Gasteiger partial charge in [-0.1, -0.05) is 32.0 Å². The van der Waals surface area contributed by atoms with Crippen molar-refractivity contribution in [2.24, 2.45) is 5.84 Å². The highest BCUT2D eigenvalue weighted by Crippen LogP contribution is 2.37. The van der Waals surface area contributed by atoms with Gasteiger partial charge in [-0.05, 0) is 18.4 Å². The SMILES string of the molecule is CC(C)c1cc(NN)nc(C2CCOc3ccccc32)n1. The lowest BCUT2D eigenvalue weighted by Crippen LogP contribution is -2.19. The van der Waals surface area contributed by atoms with Crippen LogP contribution in [-0.2, 0) is 0 Å². The second kappa shape index (κ2) is 5.69. The van der Waals surface area contributed by atoms with Crippen LogP contribution in [0.15, 0.2) is 30.3 Å². The van der Waals surface area contributed by atoms with Crippen LogP contribution in [0.3, 0.4) is 0 Å². The zero-order valence-corrected chi connectivity index (χ0v) is 12.3. The number of para-hydroxylation sites is 1. The molecule has 0 spiro atoms. The van der Waals surface area contributed by atoms with E-state index in [1.54, 1.807) is 0 Å². The third-order valence-corrected chi connectivity index (χ3v) is 3.77. The Labute approximate surface area is 124 Å². The van der Waals surface area contributed by atoms with Gasteiger partial charge in [-0.3, -0.25) is 0 Å². The Bertz CT molecular complexity index is 642. The van der Waals surface area contributed by atoms with E-state index in [2.05, 4.69) is 30.3 Å². The quantitative estimate of drug-likeness (QED) is 0.669. The van der Waals surface area contributed by atoms with Crippen molar-refractivity contribution in [2.75, 3.05) is 12.0 Å². The molecule has 0 radical (unpaired) electrons. The first-order chi connectivity index (χ1) is 10.2. The molecule has 0 saturated heterocycles. The normalized spacial score (nSPS) is 17.2. The van der Waals surface area contributed by atoms with Gasteiger partial charge in [0.15, 0.2) is 0 Å². The largest absolute Gasteiger partial charge is 0.493 e. The van der Waals surface area contributed by atoms with Crippen LogP contribution < -0.4 is 16.0 Å². The number of anilines is 1. The lowest BCUT2D eigenvalue weighted by atomic mass is 9.92. The van der Waals surface area contributed by atoms with E-state index in [-0.39, 0.29) is 5.92 Å². The maximum Gasteiger partial charge on any atom is 0.143 e. The van der Waals surface area contributed by atoms with Gasteiger partial charge in [0.1, 0.15) is 17.4 Å². The Hall–Kier alpha value is -2.14. The highest BCUT2D eigenvalue weighted by Gasteiger charge is 2.26. The fraction of sp³-hybridized carbons (Fsp3) is 0.375. The van der Waals surface area contributed by atoms with Crippen molar-refractivity contribution in [2.45, 2.75) is 32.1 Å². The van der Waals surface area contributed by atoms with E-state index in [1.165, 1.54) is 0 Å². The standard InChI is InChI=1S/C16H20N4O/c1-10(2)13-9-15(20-17)19-16(18-13)12-7-8-21-14-6-4-3-5-11(12)14/h3-6,9-10,12H,7-8,17H2,1-2H3,(H,18,19,20). The monoisotopic (exact) mass is 284 g/mol. The van der Waals surface area contributed by atoms with Gasteiger partial charge in [-0.25, -0.2) is 15.8 Å². The van der Waals surface area contributed by atoms with Gasteiger partial charge in [0.25, 0.3) is 0 Å². The van der Waals surface area contributed by atoms with Gasteiger partial charge in [0, 0.05) is 17.3 Å². The minimum absolute atomic E-state index is 0.153. The number of nitrogens with one attached hydrogen (secondary N) is 1. The maximum absolute atomic E-state index is 5.71. The molecule has 1 unspecified atom stereocenters. The Morgan fingerprint density at radius 2 is 2.10 bits per heavy atom. The number of aromatic nitrogens is 2. The van der Waals surface area contributed by atoms with Crippen molar-refractivity contribution in [1.82, 2.24) is 9.97 Å². The summed E-state index contributed by atoms with van der Waals surface area (Å²) in [5.41, 5.74) is 4.79. The summed E-state index contributed by atoms with van der Waals surface area (Å²) < 4.78 is 5.71. The molecule has 5 heteroatoms. The summed E-state index contributed by atoms with van der Waals surface area (Å²) in [7, 11) is 0. The molecule has 0 aliphatic carbocycles. The molecule has 0 amide bonds. The smallest absolute Gasteiger partial charge is 0.143 e. The second-order valence-electron chi connectivity index (χ2n) is 5.56. The molecule has 21 heavy (non-hydrogen) atoms. The predicted octanol–water partition coefficient (Wildman–Crippen LogP) is 2.80. The van der Waals surface area contributed by atoms with Gasteiger partial charge >= 0.3 is 0 Å². The Balaban J connectivity index is 2.07. The van der Waals surface area contributed by atoms with Crippen molar-refractivity contribution in [3.63, 3.8) is 0 Å². The summed E-state index contributed by atoms with van der Waals surface area (Å²) in [5, 5.41) is 0. The fourth-order valence-corrected chi connectivity index (χ4v) is 2.62. The van der Waals surface area contributed by atoms with Gasteiger partial charge < -0.3 is 10.2 Å². The Kier molecular flexibility index (Phi) is 3.75. The first kappa shape index (κ1) is 13.8. The summed E-state index contributed by atoms with van der Waals surface area (Å²) in [6.07, 6.45) is 0.878. The average molecular weight is 284 g/mol. The number of nitrogens with two attached hydrogens (primary N) is 1. The van der Waals surface area contributed by atoms with Crippen molar-refractivity contribution >= 4 is 5.82 Å². The Morgan fingerprint density at radius 1 is 1.29 bits per heavy atom. The predicted molar refractivity (Wildman–Crippen MR) is 82.3 cm³/mol. The molecule has 2 aromatic rings. The summed E-state index contributed by atoms with van der Waals surface area (Å²) in [6.45, 7) is 4.91. The zero-order chi connectivity index (χ0) is 14.8. The molecule has 3 N–H and O–H groups in total. The molecule has 0 bridgehead atoms. The van der Waals surface area contributed by atoms with E-state index in [1.807, 2.05) is 24.3 Å². The molecule has 3 rings (SSSR count). The van der Waals surface area contributed by atoms with Gasteiger partial charge in [-0.15, -0.1) is 0 Å². The van der Waals surface area contributed by atoms with Crippen molar-refractivity contribution in [1.29, 1.82) is 0 Å². The fourth-order valence-electron chi connectivity index (χ4n) is 2.62. The Morgan fingerprint density at radius 3 is 2.86 bits per heavy atom. The van der Waals surface area contributed by atoms with Crippen molar-refractivity contribution < 1.29 is 4.74 Å². The van der Waals surface area contributed by atoms with Crippen LogP contribution in [0.1, 0.15) is 49.2 Å². The summed E-state index contributed by atoms with van der Waals surface area (Å²) >= 11 is 0. The highest BCUT2D eigenvalue weighted by atomic mass is 16.5. The molecular weight excluding hydrogens is 264 g/mol. The molecule has 0 fully saturated rings. The van der Waals surface area contributed by atoms with Gasteiger partial charge in [0.05, 0.1) is 12.5 Å². The number of ether oxygens (including phenoxy) is 1. The first-order valence-electron chi connectivity index (χ1n) is 7.26. The van der Waals surface area contributed by atoms with Crippen LogP contribution in [0.4, 0.5) is 5.82 Å². The molecule has 1 aliphatic rings. The summed E-state index contributed by atoms with van der Waals surface area (Å²) in [4.78, 5) is 9.30. The number of hydrogen-bond acceptors (Lipinski definition) is 5. The van der Waals surface area contributed by atoms with Crippen molar-refractivity contribution in [3.05, 3.63) is 47.4 Å². The van der Waals surface area contributed by atoms with E-state index in [0.29, 0.717) is 18.3 Å². The second-order valence-corrected chi connectivity index (χ2v) is 5.56. The minimum Gasteiger partial charge on any atom is -0.493 e. The van der Waals surface area contributed by atoms with Crippen LogP contribution in [0.25, 0.3) is 0 Å². The third-order valence-electron chi connectivity index (χ3n) is 3.77. The molecule has 1 atom stereocenters. The summed E-state index contributed by atoms with van der Waals surface area (Å²) in [5.74, 6) is 8.42. The average Bonchev–Trinajstić information content (AvgIpc) is 2.53. The lowest BCUT2D eigenvalue weighted by Gasteiger charge is -2.25. The number of fused-ring (bicyclic) bond motifs is 1. The molecular formula is C16H20N4O. The van der Waals surface area contributed by atoms with Crippen LogP contribution >= 0.6 is 0 Å². The van der Waals surface area contributed by atoms with E-state index < -0.39 is 0 Å². The van der Waals surface area contributed by atoms with E-state index >= 15 is 0 Å².